The molecule has 0 spiro atoms. The Hall–Kier alpha value is -2.55. The van der Waals surface area contributed by atoms with Crippen LogP contribution in [0.25, 0.3) is 0 Å². The molecule has 1 aliphatic heterocycles. The van der Waals surface area contributed by atoms with Crippen LogP contribution in [0.15, 0.2) is 24.3 Å². The third kappa shape index (κ3) is 4.83. The molecule has 1 saturated carbocycles. The quantitative estimate of drug-likeness (QED) is 0.792. The summed E-state index contributed by atoms with van der Waals surface area (Å²) in [6.07, 6.45) is 3.98. The van der Waals surface area contributed by atoms with Crippen LogP contribution < -0.4 is 0 Å². The first-order chi connectivity index (χ1) is 13.3. The van der Waals surface area contributed by atoms with Gasteiger partial charge in [-0.1, -0.05) is 18.2 Å². The van der Waals surface area contributed by atoms with Crippen molar-refractivity contribution in [2.24, 2.45) is 0 Å². The Kier molecular flexibility index (Phi) is 5.93. The van der Waals surface area contributed by atoms with Gasteiger partial charge in [-0.25, -0.2) is 4.79 Å². The molecule has 0 aromatic heterocycles. The Morgan fingerprint density at radius 1 is 1.21 bits per heavy atom. The van der Waals surface area contributed by atoms with Gasteiger partial charge in [0, 0.05) is 19.1 Å². The predicted octanol–water partition coefficient (Wildman–Crippen LogP) is 3.84. The van der Waals surface area contributed by atoms with Crippen LogP contribution in [0, 0.1) is 11.3 Å². The second-order valence-corrected chi connectivity index (χ2v) is 8.65. The number of benzene rings is 1. The lowest BCUT2D eigenvalue weighted by Gasteiger charge is -2.38. The highest BCUT2D eigenvalue weighted by atomic mass is 16.6. The maximum absolute atomic E-state index is 13.5. The molecule has 1 heterocycles. The third-order valence-corrected chi connectivity index (χ3v) is 5.17. The van der Waals surface area contributed by atoms with Crippen molar-refractivity contribution >= 4 is 12.0 Å². The molecule has 1 aliphatic carbocycles. The first kappa shape index (κ1) is 20.2. The second kappa shape index (κ2) is 8.22. The normalized spacial score (nSPS) is 19.6. The van der Waals surface area contributed by atoms with Crippen LogP contribution >= 0.6 is 0 Å². The Balaban J connectivity index is 1.79. The van der Waals surface area contributed by atoms with Gasteiger partial charge in [0.15, 0.2) is 0 Å². The molecule has 1 saturated heterocycles. The van der Waals surface area contributed by atoms with Crippen molar-refractivity contribution in [1.29, 1.82) is 5.26 Å². The highest BCUT2D eigenvalue weighted by Crippen LogP contribution is 2.32. The molecule has 0 radical (unpaired) electrons. The third-order valence-electron chi connectivity index (χ3n) is 5.17. The van der Waals surface area contributed by atoms with Crippen molar-refractivity contribution < 1.29 is 14.3 Å². The molecule has 0 unspecified atom stereocenters. The summed E-state index contributed by atoms with van der Waals surface area (Å²) in [6.45, 7) is 6.45. The molecular weight excluding hydrogens is 354 g/mol. The fraction of sp³-hybridized carbons (Fsp3) is 0.591. The van der Waals surface area contributed by atoms with Crippen LogP contribution in [0.5, 0.6) is 0 Å². The van der Waals surface area contributed by atoms with Crippen LogP contribution in [0.3, 0.4) is 0 Å². The fourth-order valence-electron chi connectivity index (χ4n) is 3.64. The highest BCUT2D eigenvalue weighted by molar-refractivity contribution is 5.86. The molecule has 2 amide bonds. The average Bonchev–Trinajstić information content (AvgIpc) is 3.49. The van der Waals surface area contributed by atoms with Gasteiger partial charge < -0.3 is 9.64 Å². The summed E-state index contributed by atoms with van der Waals surface area (Å²) < 4.78 is 5.54. The van der Waals surface area contributed by atoms with E-state index in [9.17, 15) is 14.9 Å². The van der Waals surface area contributed by atoms with Crippen molar-refractivity contribution in [1.82, 2.24) is 9.80 Å². The minimum absolute atomic E-state index is 0.0270. The molecule has 150 valence electrons. The Labute approximate surface area is 167 Å². The van der Waals surface area contributed by atoms with E-state index in [0.29, 0.717) is 25.1 Å². The van der Waals surface area contributed by atoms with E-state index in [1.165, 1.54) is 0 Å². The first-order valence-corrected chi connectivity index (χ1v) is 10.1. The molecular formula is C22H29N3O3. The molecule has 6 nitrogen and oxygen atoms in total. The van der Waals surface area contributed by atoms with E-state index < -0.39 is 17.7 Å². The standard InChI is InChI=1S/C22H29N3O3/c1-22(2,3)28-21(27)24-13-7-6-10-19(24)20(26)25(18-11-12-18)15-17-9-5-4-8-16(17)14-23/h4-5,8-9,18-19H,6-7,10-13,15H2,1-3H3/t19-/m1/s1. The van der Waals surface area contributed by atoms with Crippen LogP contribution in [-0.2, 0) is 16.1 Å². The fourth-order valence-corrected chi connectivity index (χ4v) is 3.64. The highest BCUT2D eigenvalue weighted by Gasteiger charge is 2.41. The van der Waals surface area contributed by atoms with Gasteiger partial charge in [0.05, 0.1) is 11.6 Å². The lowest BCUT2D eigenvalue weighted by Crippen LogP contribution is -2.54. The summed E-state index contributed by atoms with van der Waals surface area (Å²) in [5.41, 5.74) is 0.850. The average molecular weight is 383 g/mol. The summed E-state index contributed by atoms with van der Waals surface area (Å²) >= 11 is 0. The molecule has 1 aromatic carbocycles. The summed E-state index contributed by atoms with van der Waals surface area (Å²) in [5, 5.41) is 9.37. The number of likely N-dealkylation sites (tertiary alicyclic amines) is 1. The van der Waals surface area contributed by atoms with Gasteiger partial charge in [0.1, 0.15) is 11.6 Å². The van der Waals surface area contributed by atoms with E-state index in [0.717, 1.165) is 31.2 Å². The van der Waals surface area contributed by atoms with E-state index in [1.807, 2.05) is 43.9 Å². The van der Waals surface area contributed by atoms with E-state index in [2.05, 4.69) is 6.07 Å². The van der Waals surface area contributed by atoms with Crippen molar-refractivity contribution in [2.75, 3.05) is 6.54 Å². The van der Waals surface area contributed by atoms with Crippen molar-refractivity contribution in [3.05, 3.63) is 35.4 Å². The van der Waals surface area contributed by atoms with Gasteiger partial charge in [-0.05, 0) is 64.5 Å². The number of hydrogen-bond donors (Lipinski definition) is 0. The van der Waals surface area contributed by atoms with Crippen LogP contribution in [0.1, 0.15) is 64.0 Å². The molecule has 6 heteroatoms. The van der Waals surface area contributed by atoms with Crippen molar-refractivity contribution in [3.63, 3.8) is 0 Å². The zero-order valence-corrected chi connectivity index (χ0v) is 17.0. The molecule has 0 bridgehead atoms. The number of amides is 2. The summed E-state index contributed by atoms with van der Waals surface area (Å²) in [5.74, 6) is -0.0270. The maximum Gasteiger partial charge on any atom is 0.410 e. The molecule has 3 rings (SSSR count). The molecule has 0 N–H and O–H groups in total. The van der Waals surface area contributed by atoms with Crippen LogP contribution in [0.2, 0.25) is 0 Å². The van der Waals surface area contributed by atoms with Crippen molar-refractivity contribution in [2.45, 2.75) is 77.1 Å². The van der Waals surface area contributed by atoms with E-state index in [1.54, 1.807) is 11.0 Å². The van der Waals surface area contributed by atoms with Gasteiger partial charge in [-0.15, -0.1) is 0 Å². The number of ether oxygens (including phenoxy) is 1. The largest absolute Gasteiger partial charge is 0.444 e. The smallest absolute Gasteiger partial charge is 0.410 e. The van der Waals surface area contributed by atoms with Gasteiger partial charge >= 0.3 is 6.09 Å². The monoisotopic (exact) mass is 383 g/mol. The number of nitrogens with zero attached hydrogens (tertiary/aromatic N) is 3. The molecule has 1 aromatic rings. The molecule has 28 heavy (non-hydrogen) atoms. The van der Waals surface area contributed by atoms with E-state index in [4.69, 9.17) is 4.74 Å². The molecule has 2 aliphatic rings. The topological polar surface area (TPSA) is 73.6 Å². The Morgan fingerprint density at radius 3 is 2.57 bits per heavy atom. The Morgan fingerprint density at radius 2 is 1.93 bits per heavy atom. The minimum Gasteiger partial charge on any atom is -0.444 e. The van der Waals surface area contributed by atoms with E-state index >= 15 is 0 Å². The van der Waals surface area contributed by atoms with Gasteiger partial charge in [-0.2, -0.15) is 5.26 Å². The SMILES string of the molecule is CC(C)(C)OC(=O)N1CCCC[C@@H]1C(=O)N(Cc1ccccc1C#N)C1CC1. The van der Waals surface area contributed by atoms with Gasteiger partial charge in [0.2, 0.25) is 5.91 Å². The number of rotatable bonds is 4. The second-order valence-electron chi connectivity index (χ2n) is 8.65. The first-order valence-electron chi connectivity index (χ1n) is 10.1. The lowest BCUT2D eigenvalue weighted by atomic mass is 10.0. The number of nitriles is 1. The number of carbonyl (C=O) groups excluding carboxylic acids is 2. The number of carbonyl (C=O) groups is 2. The summed E-state index contributed by atoms with van der Waals surface area (Å²) in [4.78, 5) is 29.6. The summed E-state index contributed by atoms with van der Waals surface area (Å²) in [6, 6.07) is 9.31. The van der Waals surface area contributed by atoms with Crippen LogP contribution in [0.4, 0.5) is 4.79 Å². The van der Waals surface area contributed by atoms with E-state index in [-0.39, 0.29) is 11.9 Å². The Bertz CT molecular complexity index is 774. The van der Waals surface area contributed by atoms with Gasteiger partial charge in [0.25, 0.3) is 0 Å². The molecule has 1 atom stereocenters. The summed E-state index contributed by atoms with van der Waals surface area (Å²) in [7, 11) is 0. The van der Waals surface area contributed by atoms with Crippen molar-refractivity contribution in [3.8, 4) is 6.07 Å². The zero-order valence-electron chi connectivity index (χ0n) is 17.0. The predicted molar refractivity (Wildman–Crippen MR) is 105 cm³/mol. The zero-order chi connectivity index (χ0) is 20.3. The number of piperidine rings is 1. The van der Waals surface area contributed by atoms with Crippen LogP contribution in [-0.4, -0.2) is 46.0 Å². The number of hydrogen-bond acceptors (Lipinski definition) is 4. The maximum atomic E-state index is 13.5. The lowest BCUT2D eigenvalue weighted by molar-refractivity contribution is -0.139. The van der Waals surface area contributed by atoms with Gasteiger partial charge in [-0.3, -0.25) is 9.69 Å². The molecule has 2 fully saturated rings. The minimum atomic E-state index is -0.593.